The van der Waals surface area contributed by atoms with Crippen molar-refractivity contribution in [3.63, 3.8) is 0 Å². The highest BCUT2D eigenvalue weighted by molar-refractivity contribution is 5.36. The monoisotopic (exact) mass is 262 g/mol. The largest absolute Gasteiger partial charge is 0.489 e. The molecule has 4 heteroatoms. The summed E-state index contributed by atoms with van der Waals surface area (Å²) in [5.41, 5.74) is 6.26. The first-order valence-electron chi connectivity index (χ1n) is 6.74. The lowest BCUT2D eigenvalue weighted by molar-refractivity contribution is 0.193. The van der Waals surface area contributed by atoms with Crippen molar-refractivity contribution >= 4 is 0 Å². The van der Waals surface area contributed by atoms with Crippen LogP contribution >= 0.6 is 0 Å². The summed E-state index contributed by atoms with van der Waals surface area (Å²) in [6.45, 7) is 0.329. The molecule has 102 valence electrons. The Balaban J connectivity index is 2.00. The minimum absolute atomic E-state index is 0.174. The highest BCUT2D eigenvalue weighted by Crippen LogP contribution is 2.27. The molecule has 1 fully saturated rings. The Hall–Kier alpha value is -1.60. The van der Waals surface area contributed by atoms with Crippen LogP contribution in [-0.4, -0.2) is 12.1 Å². The lowest BCUT2D eigenvalue weighted by Crippen LogP contribution is -2.45. The molecular weight excluding hydrogens is 243 g/mol. The number of rotatable bonds is 3. The van der Waals surface area contributed by atoms with Gasteiger partial charge in [0.1, 0.15) is 6.61 Å². The molecule has 1 aromatic carbocycles. The minimum Gasteiger partial charge on any atom is -0.489 e. The number of hydrogen-bond acceptors (Lipinski definition) is 3. The molecular formula is C15H19FN2O. The van der Waals surface area contributed by atoms with Crippen LogP contribution in [0.15, 0.2) is 18.2 Å². The molecule has 0 spiro atoms. The van der Waals surface area contributed by atoms with E-state index in [2.05, 4.69) is 0 Å². The normalized spacial score (nSPS) is 18.4. The van der Waals surface area contributed by atoms with Gasteiger partial charge in [-0.15, -0.1) is 0 Å². The zero-order valence-electron chi connectivity index (χ0n) is 11.0. The minimum atomic E-state index is -0.503. The third kappa shape index (κ3) is 3.68. The van der Waals surface area contributed by atoms with Crippen molar-refractivity contribution in [2.24, 2.45) is 5.73 Å². The number of nitriles is 1. The zero-order valence-corrected chi connectivity index (χ0v) is 11.0. The van der Waals surface area contributed by atoms with Gasteiger partial charge in [-0.25, -0.2) is 4.39 Å². The van der Waals surface area contributed by atoms with E-state index in [1.807, 2.05) is 6.07 Å². The van der Waals surface area contributed by atoms with Gasteiger partial charge in [-0.1, -0.05) is 25.7 Å². The summed E-state index contributed by atoms with van der Waals surface area (Å²) in [6, 6.07) is 6.13. The first-order chi connectivity index (χ1) is 9.13. The molecule has 2 N–H and O–H groups in total. The summed E-state index contributed by atoms with van der Waals surface area (Å²) in [7, 11) is 0. The predicted octanol–water partition coefficient (Wildman–Crippen LogP) is 3.13. The third-order valence-electron chi connectivity index (χ3n) is 3.68. The van der Waals surface area contributed by atoms with Gasteiger partial charge in [0.15, 0.2) is 11.6 Å². The summed E-state index contributed by atoms with van der Waals surface area (Å²) in [4.78, 5) is 0. The molecule has 0 heterocycles. The second-order valence-corrected chi connectivity index (χ2v) is 5.32. The van der Waals surface area contributed by atoms with Crippen LogP contribution in [0.3, 0.4) is 0 Å². The van der Waals surface area contributed by atoms with Crippen molar-refractivity contribution in [1.82, 2.24) is 0 Å². The van der Waals surface area contributed by atoms with Crippen molar-refractivity contribution in [2.75, 3.05) is 6.61 Å². The third-order valence-corrected chi connectivity index (χ3v) is 3.68. The zero-order chi connectivity index (χ0) is 13.7. The smallest absolute Gasteiger partial charge is 0.166 e. The number of nitrogens with zero attached hydrogens (tertiary/aromatic N) is 1. The Morgan fingerprint density at radius 2 is 1.95 bits per heavy atom. The van der Waals surface area contributed by atoms with E-state index in [-0.39, 0.29) is 11.3 Å². The van der Waals surface area contributed by atoms with E-state index < -0.39 is 5.82 Å². The van der Waals surface area contributed by atoms with Crippen LogP contribution < -0.4 is 10.5 Å². The SMILES string of the molecule is N#Cc1ccc(OCC2(N)CCCCCC2)c(F)c1. The number of halogens is 1. The predicted molar refractivity (Wildman–Crippen MR) is 71.2 cm³/mol. The fourth-order valence-electron chi connectivity index (χ4n) is 2.49. The molecule has 19 heavy (non-hydrogen) atoms. The van der Waals surface area contributed by atoms with Crippen LogP contribution in [0.1, 0.15) is 44.1 Å². The Labute approximate surface area is 113 Å². The van der Waals surface area contributed by atoms with E-state index in [1.165, 1.54) is 25.0 Å². The molecule has 0 unspecified atom stereocenters. The Bertz CT molecular complexity index is 474. The molecule has 0 atom stereocenters. The number of ether oxygens (including phenoxy) is 1. The van der Waals surface area contributed by atoms with Gasteiger partial charge in [0.25, 0.3) is 0 Å². The number of benzene rings is 1. The number of hydrogen-bond donors (Lipinski definition) is 1. The van der Waals surface area contributed by atoms with E-state index in [0.29, 0.717) is 12.2 Å². The first-order valence-corrected chi connectivity index (χ1v) is 6.74. The van der Waals surface area contributed by atoms with E-state index in [0.717, 1.165) is 25.7 Å². The molecule has 1 aliphatic rings. The van der Waals surface area contributed by atoms with Crippen LogP contribution in [-0.2, 0) is 0 Å². The molecule has 1 aromatic rings. The first kappa shape index (κ1) is 13.8. The topological polar surface area (TPSA) is 59.0 Å². The van der Waals surface area contributed by atoms with E-state index in [1.54, 1.807) is 6.07 Å². The Morgan fingerprint density at radius 3 is 2.53 bits per heavy atom. The van der Waals surface area contributed by atoms with Gasteiger partial charge in [-0.2, -0.15) is 5.26 Å². The van der Waals surface area contributed by atoms with Crippen molar-refractivity contribution < 1.29 is 9.13 Å². The average molecular weight is 262 g/mol. The Morgan fingerprint density at radius 1 is 1.26 bits per heavy atom. The summed E-state index contributed by atoms with van der Waals surface area (Å²) >= 11 is 0. The van der Waals surface area contributed by atoms with Crippen LogP contribution in [0.25, 0.3) is 0 Å². The maximum absolute atomic E-state index is 13.7. The molecule has 0 amide bonds. The van der Waals surface area contributed by atoms with Gasteiger partial charge in [-0.3, -0.25) is 0 Å². The van der Waals surface area contributed by atoms with Crippen molar-refractivity contribution in [3.05, 3.63) is 29.6 Å². The molecule has 1 aliphatic carbocycles. The molecule has 1 saturated carbocycles. The fourth-order valence-corrected chi connectivity index (χ4v) is 2.49. The molecule has 0 radical (unpaired) electrons. The Kier molecular flexibility index (Phi) is 4.39. The lowest BCUT2D eigenvalue weighted by Gasteiger charge is -2.27. The summed E-state index contributed by atoms with van der Waals surface area (Å²) in [5.74, 6) is -0.329. The van der Waals surface area contributed by atoms with Crippen molar-refractivity contribution in [1.29, 1.82) is 5.26 Å². The van der Waals surface area contributed by atoms with Gasteiger partial charge < -0.3 is 10.5 Å². The number of nitrogens with two attached hydrogens (primary N) is 1. The summed E-state index contributed by atoms with van der Waals surface area (Å²) in [6.07, 6.45) is 6.48. The lowest BCUT2D eigenvalue weighted by atomic mass is 9.92. The van der Waals surface area contributed by atoms with Crippen LogP contribution in [0.5, 0.6) is 5.75 Å². The van der Waals surface area contributed by atoms with E-state index in [4.69, 9.17) is 15.7 Å². The highest BCUT2D eigenvalue weighted by Gasteiger charge is 2.27. The second kappa shape index (κ2) is 6.03. The summed E-state index contributed by atoms with van der Waals surface area (Å²) in [5, 5.41) is 8.68. The maximum atomic E-state index is 13.7. The maximum Gasteiger partial charge on any atom is 0.166 e. The molecule has 0 aliphatic heterocycles. The molecule has 2 rings (SSSR count). The van der Waals surface area contributed by atoms with Crippen LogP contribution in [0, 0.1) is 17.1 Å². The second-order valence-electron chi connectivity index (χ2n) is 5.32. The van der Waals surface area contributed by atoms with Gasteiger partial charge in [0.2, 0.25) is 0 Å². The molecule has 0 aromatic heterocycles. The average Bonchev–Trinajstić information content (AvgIpc) is 2.62. The van der Waals surface area contributed by atoms with Gasteiger partial charge in [0.05, 0.1) is 17.2 Å². The standard InChI is InChI=1S/C15H19FN2O/c16-13-9-12(10-17)5-6-14(13)19-11-15(18)7-3-1-2-4-8-15/h5-6,9H,1-4,7-8,11,18H2. The van der Waals surface area contributed by atoms with Crippen molar-refractivity contribution in [3.8, 4) is 11.8 Å². The van der Waals surface area contributed by atoms with Gasteiger partial charge in [0, 0.05) is 0 Å². The van der Waals surface area contributed by atoms with Crippen LogP contribution in [0.2, 0.25) is 0 Å². The molecule has 0 bridgehead atoms. The molecule has 3 nitrogen and oxygen atoms in total. The van der Waals surface area contributed by atoms with Crippen LogP contribution in [0.4, 0.5) is 4.39 Å². The van der Waals surface area contributed by atoms with E-state index >= 15 is 0 Å². The quantitative estimate of drug-likeness (QED) is 0.851. The highest BCUT2D eigenvalue weighted by atomic mass is 19.1. The fraction of sp³-hybridized carbons (Fsp3) is 0.533. The van der Waals surface area contributed by atoms with E-state index in [9.17, 15) is 4.39 Å². The summed E-state index contributed by atoms with van der Waals surface area (Å²) < 4.78 is 19.2. The van der Waals surface area contributed by atoms with Gasteiger partial charge in [-0.05, 0) is 31.0 Å². The molecule has 0 saturated heterocycles. The van der Waals surface area contributed by atoms with Crippen molar-refractivity contribution in [2.45, 2.75) is 44.1 Å². The van der Waals surface area contributed by atoms with Gasteiger partial charge >= 0.3 is 0 Å².